The highest BCUT2D eigenvalue weighted by Gasteiger charge is 2.42. The third kappa shape index (κ3) is 4.01. The van der Waals surface area contributed by atoms with Gasteiger partial charge in [0.25, 0.3) is 5.91 Å². The lowest BCUT2D eigenvalue weighted by Crippen LogP contribution is -2.41. The summed E-state index contributed by atoms with van der Waals surface area (Å²) in [5.74, 6) is -0.722. The van der Waals surface area contributed by atoms with Gasteiger partial charge in [-0.1, -0.05) is 41.9 Å². The van der Waals surface area contributed by atoms with Crippen LogP contribution in [0.4, 0.5) is 5.69 Å². The summed E-state index contributed by atoms with van der Waals surface area (Å²) >= 11 is 6.37. The predicted octanol–water partition coefficient (Wildman–Crippen LogP) is 5.03. The first kappa shape index (κ1) is 21.7. The lowest BCUT2D eigenvalue weighted by Gasteiger charge is -2.29. The van der Waals surface area contributed by atoms with Gasteiger partial charge in [-0.15, -0.1) is 0 Å². The van der Waals surface area contributed by atoms with Gasteiger partial charge >= 0.3 is 5.97 Å². The zero-order valence-electron chi connectivity index (χ0n) is 17.5. The molecule has 164 valence electrons. The van der Waals surface area contributed by atoms with Crippen LogP contribution in [0.2, 0.25) is 5.02 Å². The van der Waals surface area contributed by atoms with Crippen LogP contribution in [0, 0.1) is 0 Å². The predicted molar refractivity (Wildman–Crippen MR) is 124 cm³/mol. The number of nitrogens with two attached hydrogens (primary N) is 1. The van der Waals surface area contributed by atoms with Crippen molar-refractivity contribution in [1.82, 2.24) is 4.90 Å². The molecule has 0 saturated carbocycles. The van der Waals surface area contributed by atoms with Crippen molar-refractivity contribution in [1.29, 1.82) is 0 Å². The molecule has 1 aliphatic heterocycles. The number of nitrogens with zero attached hydrogens (tertiary/aromatic N) is 1. The number of carboxylic acid groups (broad SMARTS) is 1. The molecular formula is C25H23ClN2O4. The second-order valence-electron chi connectivity index (χ2n) is 7.72. The van der Waals surface area contributed by atoms with E-state index in [9.17, 15) is 14.7 Å². The highest BCUT2D eigenvalue weighted by atomic mass is 35.5. The number of carboxylic acids is 1. The number of amides is 1. The Hall–Kier alpha value is -3.51. The molecule has 1 aliphatic rings. The van der Waals surface area contributed by atoms with E-state index in [0.717, 1.165) is 16.7 Å². The maximum absolute atomic E-state index is 13.5. The number of benzene rings is 3. The molecule has 3 aromatic rings. The second-order valence-corrected chi connectivity index (χ2v) is 8.13. The molecule has 7 heteroatoms. The van der Waals surface area contributed by atoms with Gasteiger partial charge in [-0.2, -0.15) is 0 Å². The molecule has 3 aromatic carbocycles. The van der Waals surface area contributed by atoms with Crippen molar-refractivity contribution in [2.24, 2.45) is 0 Å². The second kappa shape index (κ2) is 8.93. The molecule has 0 aromatic heterocycles. The molecule has 1 saturated heterocycles. The lowest BCUT2D eigenvalue weighted by molar-refractivity contribution is -0.141. The summed E-state index contributed by atoms with van der Waals surface area (Å²) in [7, 11) is 1.57. The summed E-state index contributed by atoms with van der Waals surface area (Å²) < 4.78 is 5.42. The zero-order valence-corrected chi connectivity index (χ0v) is 18.3. The fourth-order valence-electron chi connectivity index (χ4n) is 4.28. The Balaban J connectivity index is 1.67. The average Bonchev–Trinajstić information content (AvgIpc) is 3.24. The first-order valence-electron chi connectivity index (χ1n) is 10.2. The molecule has 1 amide bonds. The molecule has 0 spiro atoms. The number of methoxy groups -OCH3 is 1. The number of ether oxygens (including phenoxy) is 1. The number of aliphatic carboxylic acids is 1. The Morgan fingerprint density at radius 1 is 1.06 bits per heavy atom. The zero-order chi connectivity index (χ0) is 22.8. The van der Waals surface area contributed by atoms with Crippen molar-refractivity contribution < 1.29 is 19.4 Å². The van der Waals surface area contributed by atoms with E-state index in [4.69, 9.17) is 22.1 Å². The molecule has 1 fully saturated rings. The monoisotopic (exact) mass is 450 g/mol. The van der Waals surface area contributed by atoms with E-state index in [1.807, 2.05) is 36.4 Å². The maximum Gasteiger partial charge on any atom is 0.326 e. The average molecular weight is 451 g/mol. The molecule has 6 nitrogen and oxygen atoms in total. The van der Waals surface area contributed by atoms with Crippen LogP contribution in [0.5, 0.6) is 5.75 Å². The van der Waals surface area contributed by atoms with Crippen LogP contribution in [0.25, 0.3) is 11.1 Å². The maximum atomic E-state index is 13.5. The van der Waals surface area contributed by atoms with Crippen LogP contribution >= 0.6 is 11.6 Å². The fraction of sp³-hybridized carbons (Fsp3) is 0.200. The van der Waals surface area contributed by atoms with Crippen LogP contribution in [0.1, 0.15) is 34.8 Å². The number of halogens is 1. The van der Waals surface area contributed by atoms with Crippen molar-refractivity contribution in [3.63, 3.8) is 0 Å². The van der Waals surface area contributed by atoms with Crippen LogP contribution in [0.3, 0.4) is 0 Å². The van der Waals surface area contributed by atoms with Crippen molar-refractivity contribution in [3.8, 4) is 16.9 Å². The number of likely N-dealkylation sites (tertiary alicyclic amines) is 1. The van der Waals surface area contributed by atoms with Gasteiger partial charge in [-0.25, -0.2) is 4.79 Å². The van der Waals surface area contributed by atoms with Gasteiger partial charge in [0.1, 0.15) is 11.8 Å². The van der Waals surface area contributed by atoms with Gasteiger partial charge in [0.15, 0.2) is 0 Å². The van der Waals surface area contributed by atoms with Gasteiger partial charge in [0.05, 0.1) is 13.2 Å². The Labute approximate surface area is 191 Å². The molecule has 0 bridgehead atoms. The smallest absolute Gasteiger partial charge is 0.326 e. The van der Waals surface area contributed by atoms with Crippen LogP contribution in [-0.4, -0.2) is 35.0 Å². The van der Waals surface area contributed by atoms with E-state index in [1.165, 1.54) is 4.90 Å². The molecule has 0 unspecified atom stereocenters. The molecule has 0 radical (unpaired) electrons. The highest BCUT2D eigenvalue weighted by molar-refractivity contribution is 6.31. The van der Waals surface area contributed by atoms with E-state index < -0.39 is 18.1 Å². The van der Waals surface area contributed by atoms with Gasteiger partial charge in [-0.05, 0) is 54.3 Å². The number of carbonyl (C=O) groups is 2. The normalized spacial score (nSPS) is 17.9. The van der Waals surface area contributed by atoms with E-state index >= 15 is 0 Å². The Bertz CT molecular complexity index is 1160. The first-order chi connectivity index (χ1) is 15.4. The molecule has 0 aliphatic carbocycles. The minimum atomic E-state index is -1.02. The van der Waals surface area contributed by atoms with E-state index in [0.29, 0.717) is 34.9 Å². The molecule has 4 rings (SSSR count). The third-order valence-electron chi connectivity index (χ3n) is 5.84. The van der Waals surface area contributed by atoms with E-state index in [-0.39, 0.29) is 5.91 Å². The topological polar surface area (TPSA) is 92.9 Å². The van der Waals surface area contributed by atoms with Crippen LogP contribution in [-0.2, 0) is 4.79 Å². The van der Waals surface area contributed by atoms with Gasteiger partial charge < -0.3 is 20.5 Å². The summed E-state index contributed by atoms with van der Waals surface area (Å²) in [5, 5.41) is 10.3. The van der Waals surface area contributed by atoms with E-state index in [1.54, 1.807) is 37.4 Å². The summed E-state index contributed by atoms with van der Waals surface area (Å²) in [6.45, 7) is 0. The number of anilines is 1. The lowest BCUT2D eigenvalue weighted by atomic mass is 10.0. The van der Waals surface area contributed by atoms with Crippen molar-refractivity contribution in [2.75, 3.05) is 12.8 Å². The number of hydrogen-bond acceptors (Lipinski definition) is 4. The largest absolute Gasteiger partial charge is 0.496 e. The molecule has 32 heavy (non-hydrogen) atoms. The SMILES string of the molecule is COc1cc(N)ccc1-c1ccc(C(=O)N2[C@@H](c3ccccc3Cl)CC[C@H]2C(=O)O)cc1. The fourth-order valence-corrected chi connectivity index (χ4v) is 4.54. The van der Waals surface area contributed by atoms with Crippen molar-refractivity contribution >= 4 is 29.2 Å². The number of carbonyl (C=O) groups excluding carboxylic acids is 1. The number of hydrogen-bond donors (Lipinski definition) is 2. The number of rotatable bonds is 5. The number of nitrogen functional groups attached to an aromatic ring is 1. The van der Waals surface area contributed by atoms with Crippen molar-refractivity contribution in [2.45, 2.75) is 24.9 Å². The van der Waals surface area contributed by atoms with Gasteiger partial charge in [0.2, 0.25) is 0 Å². The quantitative estimate of drug-likeness (QED) is 0.532. The molecular weight excluding hydrogens is 428 g/mol. The third-order valence-corrected chi connectivity index (χ3v) is 6.18. The Kier molecular flexibility index (Phi) is 6.06. The minimum absolute atomic E-state index is 0.337. The van der Waals surface area contributed by atoms with Gasteiger partial charge in [-0.3, -0.25) is 4.79 Å². The standard InChI is InChI=1S/C25H23ClN2O4/c1-32-23-14-17(27)10-11-18(23)15-6-8-16(9-7-15)24(29)28-21(12-13-22(28)25(30)31)19-4-2-3-5-20(19)26/h2-11,14,21-22H,12-13,27H2,1H3,(H,30,31)/t21-,22+/m1/s1. The molecule has 2 atom stereocenters. The summed E-state index contributed by atoms with van der Waals surface area (Å²) in [5.41, 5.74) is 9.30. The van der Waals surface area contributed by atoms with Crippen LogP contribution in [0.15, 0.2) is 66.7 Å². The molecule has 3 N–H and O–H groups in total. The first-order valence-corrected chi connectivity index (χ1v) is 10.6. The van der Waals surface area contributed by atoms with Crippen LogP contribution < -0.4 is 10.5 Å². The Morgan fingerprint density at radius 2 is 1.78 bits per heavy atom. The van der Waals surface area contributed by atoms with E-state index in [2.05, 4.69) is 0 Å². The highest BCUT2D eigenvalue weighted by Crippen LogP contribution is 2.40. The Morgan fingerprint density at radius 3 is 2.44 bits per heavy atom. The van der Waals surface area contributed by atoms with Gasteiger partial charge in [0, 0.05) is 27.9 Å². The molecule has 1 heterocycles. The summed E-state index contributed by atoms with van der Waals surface area (Å²) in [6, 6.07) is 18.4. The summed E-state index contributed by atoms with van der Waals surface area (Å²) in [4.78, 5) is 26.8. The minimum Gasteiger partial charge on any atom is -0.496 e. The summed E-state index contributed by atoms with van der Waals surface area (Å²) in [6.07, 6.45) is 0.908. The van der Waals surface area contributed by atoms with Crippen molar-refractivity contribution in [3.05, 3.63) is 82.9 Å².